The van der Waals surface area contributed by atoms with Crippen molar-refractivity contribution in [2.24, 2.45) is 0 Å². The largest absolute Gasteiger partial charge is 0.494 e. The molecule has 18 heavy (non-hydrogen) atoms. The SMILES string of the molecule is CCCOc1ccc(NS(=O)(=O)C(C)CO)cc1. The van der Waals surface area contributed by atoms with Gasteiger partial charge in [-0.1, -0.05) is 6.92 Å². The summed E-state index contributed by atoms with van der Waals surface area (Å²) in [5.41, 5.74) is 0.458. The lowest BCUT2D eigenvalue weighted by Gasteiger charge is -2.13. The molecule has 0 fully saturated rings. The van der Waals surface area contributed by atoms with Gasteiger partial charge in [-0.3, -0.25) is 4.72 Å². The molecule has 1 rings (SSSR count). The van der Waals surface area contributed by atoms with E-state index in [1.54, 1.807) is 24.3 Å². The third kappa shape index (κ3) is 4.19. The molecule has 0 heterocycles. The molecule has 102 valence electrons. The first-order valence-electron chi connectivity index (χ1n) is 5.85. The molecule has 0 spiro atoms. The first kappa shape index (κ1) is 14.8. The highest BCUT2D eigenvalue weighted by atomic mass is 32.2. The third-order valence-electron chi connectivity index (χ3n) is 2.37. The normalized spacial score (nSPS) is 13.1. The van der Waals surface area contributed by atoms with E-state index in [0.717, 1.165) is 6.42 Å². The Hall–Kier alpha value is -1.27. The maximum absolute atomic E-state index is 11.7. The number of rotatable bonds is 7. The molecule has 0 aliphatic rings. The van der Waals surface area contributed by atoms with Gasteiger partial charge in [-0.25, -0.2) is 8.42 Å². The van der Waals surface area contributed by atoms with Crippen LogP contribution in [0.1, 0.15) is 20.3 Å². The highest BCUT2D eigenvalue weighted by molar-refractivity contribution is 7.93. The third-order valence-corrected chi connectivity index (χ3v) is 4.10. The molecule has 1 aromatic rings. The van der Waals surface area contributed by atoms with E-state index < -0.39 is 21.9 Å². The zero-order valence-corrected chi connectivity index (χ0v) is 11.4. The van der Waals surface area contributed by atoms with Crippen LogP contribution in [0.4, 0.5) is 5.69 Å². The number of hydrogen-bond acceptors (Lipinski definition) is 4. The summed E-state index contributed by atoms with van der Waals surface area (Å²) in [7, 11) is -3.53. The van der Waals surface area contributed by atoms with Crippen LogP contribution in [-0.4, -0.2) is 32.0 Å². The molecule has 0 amide bonds. The van der Waals surface area contributed by atoms with Crippen LogP contribution in [-0.2, 0) is 10.0 Å². The van der Waals surface area contributed by atoms with Crippen LogP contribution >= 0.6 is 0 Å². The summed E-state index contributed by atoms with van der Waals surface area (Å²) in [6.07, 6.45) is 0.919. The van der Waals surface area contributed by atoms with E-state index in [0.29, 0.717) is 18.0 Å². The van der Waals surface area contributed by atoms with E-state index in [-0.39, 0.29) is 0 Å². The Morgan fingerprint density at radius 1 is 1.33 bits per heavy atom. The molecule has 0 aliphatic carbocycles. The molecular formula is C12H19NO4S. The number of sulfonamides is 1. The van der Waals surface area contributed by atoms with Crippen molar-refractivity contribution in [3.63, 3.8) is 0 Å². The Labute approximate surface area is 108 Å². The van der Waals surface area contributed by atoms with Gasteiger partial charge in [0.15, 0.2) is 0 Å². The van der Waals surface area contributed by atoms with Gasteiger partial charge in [0.05, 0.1) is 13.2 Å². The lowest BCUT2D eigenvalue weighted by atomic mass is 10.3. The molecule has 1 unspecified atom stereocenters. The first-order valence-corrected chi connectivity index (χ1v) is 7.39. The minimum absolute atomic E-state index is 0.410. The summed E-state index contributed by atoms with van der Waals surface area (Å²) in [5.74, 6) is 0.704. The Morgan fingerprint density at radius 3 is 2.44 bits per heavy atom. The maximum atomic E-state index is 11.7. The van der Waals surface area contributed by atoms with E-state index in [1.165, 1.54) is 6.92 Å². The molecule has 1 atom stereocenters. The Kier molecular flexibility index (Phi) is 5.43. The number of aliphatic hydroxyl groups is 1. The molecule has 1 aromatic carbocycles. The quantitative estimate of drug-likeness (QED) is 0.791. The van der Waals surface area contributed by atoms with E-state index in [4.69, 9.17) is 9.84 Å². The molecular weight excluding hydrogens is 254 g/mol. The van der Waals surface area contributed by atoms with Gasteiger partial charge in [-0.2, -0.15) is 0 Å². The molecule has 5 nitrogen and oxygen atoms in total. The van der Waals surface area contributed by atoms with Crippen molar-refractivity contribution in [1.29, 1.82) is 0 Å². The molecule has 6 heteroatoms. The van der Waals surface area contributed by atoms with Crippen molar-refractivity contribution >= 4 is 15.7 Å². The van der Waals surface area contributed by atoms with Crippen molar-refractivity contribution in [2.45, 2.75) is 25.5 Å². The smallest absolute Gasteiger partial charge is 0.237 e. The molecule has 0 aliphatic heterocycles. The van der Waals surface area contributed by atoms with Crippen molar-refractivity contribution in [1.82, 2.24) is 0 Å². The highest BCUT2D eigenvalue weighted by Gasteiger charge is 2.19. The topological polar surface area (TPSA) is 75.6 Å². The monoisotopic (exact) mass is 273 g/mol. The van der Waals surface area contributed by atoms with Gasteiger partial charge in [0.25, 0.3) is 0 Å². The molecule has 0 radical (unpaired) electrons. The van der Waals surface area contributed by atoms with Crippen molar-refractivity contribution in [3.8, 4) is 5.75 Å². The van der Waals surface area contributed by atoms with Crippen molar-refractivity contribution in [2.75, 3.05) is 17.9 Å². The van der Waals surface area contributed by atoms with Gasteiger partial charge in [0.2, 0.25) is 10.0 Å². The van der Waals surface area contributed by atoms with E-state index >= 15 is 0 Å². The summed E-state index contributed by atoms with van der Waals surface area (Å²) in [6, 6.07) is 6.67. The number of nitrogens with one attached hydrogen (secondary N) is 1. The zero-order valence-electron chi connectivity index (χ0n) is 10.6. The van der Waals surface area contributed by atoms with Gasteiger partial charge in [0.1, 0.15) is 11.0 Å². The standard InChI is InChI=1S/C12H19NO4S/c1-3-8-17-12-6-4-11(5-7-12)13-18(15,16)10(2)9-14/h4-7,10,13-14H,3,8-9H2,1-2H3. The van der Waals surface area contributed by atoms with Gasteiger partial charge < -0.3 is 9.84 Å². The average molecular weight is 273 g/mol. The van der Waals surface area contributed by atoms with E-state index in [9.17, 15) is 8.42 Å². The van der Waals surface area contributed by atoms with E-state index in [1.807, 2.05) is 6.92 Å². The number of ether oxygens (including phenoxy) is 1. The molecule has 0 saturated heterocycles. The van der Waals surface area contributed by atoms with Crippen LogP contribution in [0.15, 0.2) is 24.3 Å². The average Bonchev–Trinajstić information content (AvgIpc) is 2.36. The van der Waals surface area contributed by atoms with E-state index in [2.05, 4.69) is 4.72 Å². The Balaban J connectivity index is 2.69. The fourth-order valence-electron chi connectivity index (χ4n) is 1.20. The predicted octanol–water partition coefficient (Wildman–Crippen LogP) is 1.60. The van der Waals surface area contributed by atoms with Crippen LogP contribution in [0, 0.1) is 0 Å². The van der Waals surface area contributed by atoms with Gasteiger partial charge >= 0.3 is 0 Å². The summed E-state index contributed by atoms with van der Waals surface area (Å²) in [4.78, 5) is 0. The number of hydrogen-bond donors (Lipinski definition) is 2. The summed E-state index contributed by atoms with van der Waals surface area (Å²) in [6.45, 7) is 3.68. The predicted molar refractivity (Wildman–Crippen MR) is 71.3 cm³/mol. The van der Waals surface area contributed by atoms with Gasteiger partial charge in [0, 0.05) is 5.69 Å². The molecule has 0 aromatic heterocycles. The fourth-order valence-corrected chi connectivity index (χ4v) is 2.06. The van der Waals surface area contributed by atoms with Crippen molar-refractivity contribution < 1.29 is 18.3 Å². The summed E-state index contributed by atoms with van der Waals surface area (Å²) >= 11 is 0. The van der Waals surface area contributed by atoms with Crippen LogP contribution in [0.25, 0.3) is 0 Å². The highest BCUT2D eigenvalue weighted by Crippen LogP contribution is 2.17. The van der Waals surface area contributed by atoms with Gasteiger partial charge in [-0.15, -0.1) is 0 Å². The lowest BCUT2D eigenvalue weighted by molar-refractivity contribution is 0.296. The summed E-state index contributed by atoms with van der Waals surface area (Å²) in [5, 5.41) is 8.01. The van der Waals surface area contributed by atoms with Crippen LogP contribution in [0.3, 0.4) is 0 Å². The van der Waals surface area contributed by atoms with Crippen molar-refractivity contribution in [3.05, 3.63) is 24.3 Å². The van der Waals surface area contributed by atoms with Crippen LogP contribution in [0.5, 0.6) is 5.75 Å². The first-order chi connectivity index (χ1) is 8.49. The second kappa shape index (κ2) is 6.61. The number of anilines is 1. The zero-order chi connectivity index (χ0) is 13.6. The lowest BCUT2D eigenvalue weighted by Crippen LogP contribution is -2.28. The molecule has 0 bridgehead atoms. The fraction of sp³-hybridized carbons (Fsp3) is 0.500. The minimum atomic E-state index is -3.53. The van der Waals surface area contributed by atoms with Gasteiger partial charge in [-0.05, 0) is 37.6 Å². The minimum Gasteiger partial charge on any atom is -0.494 e. The summed E-state index contributed by atoms with van der Waals surface area (Å²) < 4.78 is 31.2. The number of benzene rings is 1. The second-order valence-corrected chi connectivity index (χ2v) is 6.11. The van der Waals surface area contributed by atoms with Crippen LogP contribution < -0.4 is 9.46 Å². The Bertz CT molecular complexity index is 455. The molecule has 2 N–H and O–H groups in total. The van der Waals surface area contributed by atoms with Crippen LogP contribution in [0.2, 0.25) is 0 Å². The second-order valence-electron chi connectivity index (χ2n) is 4.01. The Morgan fingerprint density at radius 2 is 1.94 bits per heavy atom. The number of aliphatic hydroxyl groups excluding tert-OH is 1. The maximum Gasteiger partial charge on any atom is 0.237 e. The molecule has 0 saturated carbocycles.